The van der Waals surface area contributed by atoms with Crippen LogP contribution in [-0.2, 0) is 9.59 Å². The molecule has 4 nitrogen and oxygen atoms in total. The second kappa shape index (κ2) is 9.65. The van der Waals surface area contributed by atoms with E-state index in [4.69, 9.17) is 0 Å². The molecule has 4 heteroatoms. The molecule has 0 heterocycles. The first-order valence-electron chi connectivity index (χ1n) is 9.47. The van der Waals surface area contributed by atoms with Crippen LogP contribution in [0.2, 0.25) is 0 Å². The molecule has 0 radical (unpaired) electrons. The van der Waals surface area contributed by atoms with Crippen molar-refractivity contribution in [3.8, 4) is 0 Å². The van der Waals surface area contributed by atoms with E-state index in [1.54, 1.807) is 0 Å². The molecule has 0 spiro atoms. The third-order valence-electron chi connectivity index (χ3n) is 5.04. The number of ketones is 2. The summed E-state index contributed by atoms with van der Waals surface area (Å²) in [4.78, 5) is 23.7. The Bertz CT molecular complexity index is 462. The van der Waals surface area contributed by atoms with Crippen molar-refractivity contribution in [1.82, 2.24) is 10.6 Å². The summed E-state index contributed by atoms with van der Waals surface area (Å²) < 4.78 is 0. The van der Waals surface area contributed by atoms with E-state index in [0.29, 0.717) is 36.2 Å². The maximum absolute atomic E-state index is 11.9. The number of unbranched alkanes of at least 4 members (excludes halogenated alkanes) is 1. The molecule has 2 fully saturated rings. The van der Waals surface area contributed by atoms with Crippen LogP contribution in [0.15, 0.2) is 23.5 Å². The Morgan fingerprint density at radius 2 is 1.25 bits per heavy atom. The van der Waals surface area contributed by atoms with E-state index in [2.05, 4.69) is 24.5 Å². The lowest BCUT2D eigenvalue weighted by Crippen LogP contribution is -2.20. The summed E-state index contributed by atoms with van der Waals surface area (Å²) in [5.41, 5.74) is 1.92. The molecule has 134 valence electrons. The fourth-order valence-corrected chi connectivity index (χ4v) is 3.33. The van der Waals surface area contributed by atoms with Crippen LogP contribution in [0.4, 0.5) is 0 Å². The third-order valence-corrected chi connectivity index (χ3v) is 5.04. The minimum absolute atomic E-state index is 0.306. The number of allylic oxidation sites excluding steroid dienone is 2. The van der Waals surface area contributed by atoms with E-state index in [0.717, 1.165) is 62.8 Å². The summed E-state index contributed by atoms with van der Waals surface area (Å²) in [7, 11) is 0. The van der Waals surface area contributed by atoms with Crippen molar-refractivity contribution in [2.75, 3.05) is 13.1 Å². The fourth-order valence-electron chi connectivity index (χ4n) is 3.33. The van der Waals surface area contributed by atoms with Gasteiger partial charge in [-0.2, -0.15) is 0 Å². The predicted octanol–water partition coefficient (Wildman–Crippen LogP) is 3.49. The van der Waals surface area contributed by atoms with E-state index in [9.17, 15) is 9.59 Å². The van der Waals surface area contributed by atoms with Crippen LogP contribution in [0.1, 0.15) is 65.2 Å². The SMILES string of the molecule is C[C@@H]1CC/C(=C/NCCCCN/C=C2/CC[C@@H](C)CC2=O)C(=O)C1. The molecule has 0 aliphatic heterocycles. The average Bonchev–Trinajstić information content (AvgIpc) is 2.53. The van der Waals surface area contributed by atoms with E-state index in [-0.39, 0.29) is 0 Å². The summed E-state index contributed by atoms with van der Waals surface area (Å²) >= 11 is 0. The van der Waals surface area contributed by atoms with Gasteiger partial charge in [0.1, 0.15) is 0 Å². The number of carbonyl (C=O) groups excluding carboxylic acids is 2. The first-order valence-corrected chi connectivity index (χ1v) is 9.47. The number of carbonyl (C=O) groups is 2. The molecule has 2 atom stereocenters. The predicted molar refractivity (Wildman–Crippen MR) is 97.4 cm³/mol. The van der Waals surface area contributed by atoms with Crippen LogP contribution in [-0.4, -0.2) is 24.7 Å². The van der Waals surface area contributed by atoms with Crippen molar-refractivity contribution in [1.29, 1.82) is 0 Å². The van der Waals surface area contributed by atoms with Gasteiger partial charge in [0.15, 0.2) is 11.6 Å². The van der Waals surface area contributed by atoms with Crippen LogP contribution in [0.3, 0.4) is 0 Å². The summed E-state index contributed by atoms with van der Waals surface area (Å²) in [6.45, 7) is 6.07. The summed E-state index contributed by atoms with van der Waals surface area (Å²) in [5.74, 6) is 1.69. The van der Waals surface area contributed by atoms with Crippen LogP contribution in [0, 0.1) is 11.8 Å². The minimum atomic E-state index is 0.306. The molecule has 0 unspecified atom stereocenters. The molecule has 2 aliphatic carbocycles. The smallest absolute Gasteiger partial charge is 0.160 e. The Kier molecular flexibility index (Phi) is 7.54. The first-order chi connectivity index (χ1) is 11.6. The van der Waals surface area contributed by atoms with Crippen molar-refractivity contribution in [3.05, 3.63) is 23.5 Å². The molecule has 24 heavy (non-hydrogen) atoms. The normalized spacial score (nSPS) is 28.4. The summed E-state index contributed by atoms with van der Waals surface area (Å²) in [6.07, 6.45) is 11.4. The van der Waals surface area contributed by atoms with Crippen LogP contribution in [0.25, 0.3) is 0 Å². The average molecular weight is 332 g/mol. The zero-order chi connectivity index (χ0) is 17.4. The molecule has 0 aromatic rings. The fraction of sp³-hybridized carbons (Fsp3) is 0.700. The highest BCUT2D eigenvalue weighted by atomic mass is 16.1. The van der Waals surface area contributed by atoms with Gasteiger partial charge in [-0.1, -0.05) is 13.8 Å². The Morgan fingerprint density at radius 3 is 1.62 bits per heavy atom. The zero-order valence-corrected chi connectivity index (χ0v) is 15.2. The molecular formula is C20H32N2O2. The number of Topliss-reactive ketones (excluding diaryl/α,β-unsaturated/α-hetero) is 2. The largest absolute Gasteiger partial charge is 0.391 e. The van der Waals surface area contributed by atoms with Gasteiger partial charge in [-0.3, -0.25) is 9.59 Å². The monoisotopic (exact) mass is 332 g/mol. The van der Waals surface area contributed by atoms with Gasteiger partial charge < -0.3 is 10.6 Å². The quantitative estimate of drug-likeness (QED) is 0.553. The van der Waals surface area contributed by atoms with E-state index in [1.165, 1.54) is 0 Å². The second-order valence-electron chi connectivity index (χ2n) is 7.50. The molecular weight excluding hydrogens is 300 g/mol. The lowest BCUT2D eigenvalue weighted by Gasteiger charge is -2.19. The van der Waals surface area contributed by atoms with Gasteiger partial charge in [0, 0.05) is 49.5 Å². The molecule has 2 rings (SSSR count). The molecule has 0 amide bonds. The standard InChI is InChI=1S/C20H32N2O2/c1-15-5-7-17(19(23)11-15)13-21-9-3-4-10-22-14-18-8-6-16(2)12-20(18)24/h13-16,21-22H,3-12H2,1-2H3/b17-13-,18-14-/t15-,16-/m1/s1. The van der Waals surface area contributed by atoms with Gasteiger partial charge in [-0.05, 0) is 50.4 Å². The first kappa shape index (κ1) is 18.8. The second-order valence-corrected chi connectivity index (χ2v) is 7.50. The lowest BCUT2D eigenvalue weighted by atomic mass is 9.86. The maximum Gasteiger partial charge on any atom is 0.160 e. The lowest BCUT2D eigenvalue weighted by molar-refractivity contribution is -0.118. The highest BCUT2D eigenvalue weighted by Crippen LogP contribution is 2.25. The molecule has 2 N–H and O–H groups in total. The van der Waals surface area contributed by atoms with Crippen molar-refractivity contribution >= 4 is 11.6 Å². The van der Waals surface area contributed by atoms with Crippen molar-refractivity contribution < 1.29 is 9.59 Å². The topological polar surface area (TPSA) is 58.2 Å². The van der Waals surface area contributed by atoms with Gasteiger partial charge >= 0.3 is 0 Å². The minimum Gasteiger partial charge on any atom is -0.391 e. The zero-order valence-electron chi connectivity index (χ0n) is 15.2. The molecule has 0 saturated heterocycles. The van der Waals surface area contributed by atoms with Crippen LogP contribution in [0.5, 0.6) is 0 Å². The van der Waals surface area contributed by atoms with E-state index < -0.39 is 0 Å². The Labute approximate surface area is 146 Å². The summed E-state index contributed by atoms with van der Waals surface area (Å²) in [5, 5.41) is 6.54. The van der Waals surface area contributed by atoms with Crippen molar-refractivity contribution in [3.63, 3.8) is 0 Å². The number of hydrogen-bond donors (Lipinski definition) is 2. The number of nitrogens with one attached hydrogen (secondary N) is 2. The van der Waals surface area contributed by atoms with Crippen LogP contribution >= 0.6 is 0 Å². The molecule has 0 aromatic carbocycles. The van der Waals surface area contributed by atoms with Crippen molar-refractivity contribution in [2.45, 2.75) is 65.2 Å². The third kappa shape index (κ3) is 6.14. The number of hydrogen-bond acceptors (Lipinski definition) is 4. The van der Waals surface area contributed by atoms with Gasteiger partial charge in [0.05, 0.1) is 0 Å². The molecule has 2 saturated carbocycles. The summed E-state index contributed by atoms with van der Waals surface area (Å²) in [6, 6.07) is 0. The van der Waals surface area contributed by atoms with Gasteiger partial charge in [-0.25, -0.2) is 0 Å². The van der Waals surface area contributed by atoms with E-state index >= 15 is 0 Å². The van der Waals surface area contributed by atoms with Gasteiger partial charge in [0.2, 0.25) is 0 Å². The Hall–Kier alpha value is -1.58. The highest BCUT2D eigenvalue weighted by molar-refractivity contribution is 5.96. The maximum atomic E-state index is 11.9. The van der Waals surface area contributed by atoms with Gasteiger partial charge in [0.25, 0.3) is 0 Å². The molecule has 0 aromatic heterocycles. The Balaban J connectivity index is 1.54. The highest BCUT2D eigenvalue weighted by Gasteiger charge is 2.20. The molecule has 0 bridgehead atoms. The van der Waals surface area contributed by atoms with Crippen LogP contribution < -0.4 is 10.6 Å². The Morgan fingerprint density at radius 1 is 0.833 bits per heavy atom. The van der Waals surface area contributed by atoms with Crippen molar-refractivity contribution in [2.24, 2.45) is 11.8 Å². The van der Waals surface area contributed by atoms with E-state index in [1.807, 2.05) is 12.4 Å². The number of rotatable bonds is 7. The molecule has 2 aliphatic rings. The van der Waals surface area contributed by atoms with Gasteiger partial charge in [-0.15, -0.1) is 0 Å².